The van der Waals surface area contributed by atoms with Gasteiger partial charge in [0.05, 0.1) is 0 Å². The number of alkyl halides is 1. The van der Waals surface area contributed by atoms with Crippen molar-refractivity contribution in [1.29, 1.82) is 0 Å². The number of halogens is 1. The van der Waals surface area contributed by atoms with Crippen LogP contribution in [0.5, 0.6) is 11.6 Å². The molecule has 1 heterocycles. The Balaban J connectivity index is 2.34. The van der Waals surface area contributed by atoms with Crippen LogP contribution in [-0.2, 0) is 4.79 Å². The quantitative estimate of drug-likeness (QED) is 0.879. The second kappa shape index (κ2) is 6.59. The van der Waals surface area contributed by atoms with Crippen LogP contribution >= 0.6 is 11.6 Å². The Morgan fingerprint density at radius 3 is 2.57 bits per heavy atom. The minimum atomic E-state index is -0.843. The molecular formula is C16H17ClN2O2. The summed E-state index contributed by atoms with van der Waals surface area (Å²) in [5, 5.41) is 1.68. The molecule has 0 bridgehead atoms. The van der Waals surface area contributed by atoms with E-state index in [0.717, 1.165) is 11.1 Å². The topological polar surface area (TPSA) is 51.2 Å². The van der Waals surface area contributed by atoms with Crippen molar-refractivity contribution in [1.82, 2.24) is 10.3 Å². The molecule has 0 aliphatic heterocycles. The van der Waals surface area contributed by atoms with Gasteiger partial charge in [0, 0.05) is 18.8 Å². The fourth-order valence-electron chi connectivity index (χ4n) is 2.05. The number of hydrogen-bond donors (Lipinski definition) is 1. The number of hydrogen-bond acceptors (Lipinski definition) is 3. The van der Waals surface area contributed by atoms with Crippen molar-refractivity contribution in [3.05, 3.63) is 53.2 Å². The Morgan fingerprint density at radius 1 is 1.29 bits per heavy atom. The summed E-state index contributed by atoms with van der Waals surface area (Å²) in [6.07, 6.45) is 1.61. The average molecular weight is 305 g/mol. The molecule has 2 rings (SSSR count). The van der Waals surface area contributed by atoms with Gasteiger partial charge in [-0.15, -0.1) is 11.6 Å². The Morgan fingerprint density at radius 2 is 1.95 bits per heavy atom. The molecule has 0 aliphatic rings. The molecule has 1 atom stereocenters. The molecule has 1 aromatic carbocycles. The Labute approximate surface area is 129 Å². The van der Waals surface area contributed by atoms with Gasteiger partial charge in [0.2, 0.25) is 11.8 Å². The summed E-state index contributed by atoms with van der Waals surface area (Å²) >= 11 is 6.16. The first-order chi connectivity index (χ1) is 10.0. The van der Waals surface area contributed by atoms with Crippen molar-refractivity contribution in [2.75, 3.05) is 7.05 Å². The molecule has 1 N–H and O–H groups in total. The molecule has 0 radical (unpaired) electrons. The second-order valence-corrected chi connectivity index (χ2v) is 5.24. The first-order valence-electron chi connectivity index (χ1n) is 6.58. The van der Waals surface area contributed by atoms with Crippen LogP contribution in [-0.4, -0.2) is 17.9 Å². The Hall–Kier alpha value is -2.07. The highest BCUT2D eigenvalue weighted by Crippen LogP contribution is 2.31. The minimum Gasteiger partial charge on any atom is -0.439 e. The SMILES string of the molecule is CNC(=O)C(Cl)c1cccnc1Oc1cc(C)cc(C)c1. The predicted molar refractivity (Wildman–Crippen MR) is 82.9 cm³/mol. The number of amides is 1. The van der Waals surface area contributed by atoms with Crippen LogP contribution in [0.3, 0.4) is 0 Å². The number of nitrogens with one attached hydrogen (secondary N) is 1. The molecule has 4 nitrogen and oxygen atoms in total. The maximum atomic E-state index is 11.7. The summed E-state index contributed by atoms with van der Waals surface area (Å²) < 4.78 is 5.81. The zero-order chi connectivity index (χ0) is 15.4. The lowest BCUT2D eigenvalue weighted by Crippen LogP contribution is -2.22. The molecule has 0 saturated carbocycles. The van der Waals surface area contributed by atoms with E-state index >= 15 is 0 Å². The van der Waals surface area contributed by atoms with Crippen molar-refractivity contribution in [3.8, 4) is 11.6 Å². The molecule has 21 heavy (non-hydrogen) atoms. The van der Waals surface area contributed by atoms with Gasteiger partial charge in [0.1, 0.15) is 11.1 Å². The van der Waals surface area contributed by atoms with Crippen molar-refractivity contribution in [2.45, 2.75) is 19.2 Å². The van der Waals surface area contributed by atoms with E-state index in [1.54, 1.807) is 25.4 Å². The monoisotopic (exact) mass is 304 g/mol. The third kappa shape index (κ3) is 3.73. The largest absolute Gasteiger partial charge is 0.439 e. The van der Waals surface area contributed by atoms with Crippen LogP contribution in [0.4, 0.5) is 0 Å². The van der Waals surface area contributed by atoms with Crippen LogP contribution in [0.2, 0.25) is 0 Å². The van der Waals surface area contributed by atoms with E-state index in [9.17, 15) is 4.79 Å². The summed E-state index contributed by atoms with van der Waals surface area (Å²) in [5.74, 6) is 0.717. The lowest BCUT2D eigenvalue weighted by molar-refractivity contribution is -0.120. The number of aryl methyl sites for hydroxylation is 2. The molecule has 0 spiro atoms. The van der Waals surface area contributed by atoms with E-state index in [-0.39, 0.29) is 5.91 Å². The molecule has 1 unspecified atom stereocenters. The van der Waals surface area contributed by atoms with Gasteiger partial charge in [-0.1, -0.05) is 12.1 Å². The van der Waals surface area contributed by atoms with Crippen molar-refractivity contribution in [2.24, 2.45) is 0 Å². The maximum Gasteiger partial charge on any atom is 0.242 e. The number of ether oxygens (including phenoxy) is 1. The van der Waals surface area contributed by atoms with Gasteiger partial charge >= 0.3 is 0 Å². The highest BCUT2D eigenvalue weighted by atomic mass is 35.5. The maximum absolute atomic E-state index is 11.7. The molecule has 5 heteroatoms. The predicted octanol–water partition coefficient (Wildman–Crippen LogP) is 3.52. The number of likely N-dealkylation sites (N-methyl/N-ethyl adjacent to an activating group) is 1. The molecule has 1 aromatic heterocycles. The fraction of sp³-hybridized carbons (Fsp3) is 0.250. The highest BCUT2D eigenvalue weighted by Gasteiger charge is 2.21. The first kappa shape index (κ1) is 15.3. The van der Waals surface area contributed by atoms with Gasteiger partial charge < -0.3 is 10.1 Å². The van der Waals surface area contributed by atoms with Crippen LogP contribution in [0, 0.1) is 13.8 Å². The molecule has 0 aliphatic carbocycles. The van der Waals surface area contributed by atoms with Gasteiger partial charge in [0.25, 0.3) is 0 Å². The second-order valence-electron chi connectivity index (χ2n) is 4.80. The zero-order valence-corrected chi connectivity index (χ0v) is 12.9. The molecule has 0 fully saturated rings. The standard InChI is InChI=1S/C16H17ClN2O2/c1-10-7-11(2)9-12(8-10)21-16-13(5-4-6-19-16)14(17)15(20)18-3/h4-9,14H,1-3H3,(H,18,20). The van der Waals surface area contributed by atoms with Gasteiger partial charge in [-0.05, 0) is 43.2 Å². The summed E-state index contributed by atoms with van der Waals surface area (Å²) in [7, 11) is 1.54. The summed E-state index contributed by atoms with van der Waals surface area (Å²) in [6.45, 7) is 3.99. The zero-order valence-electron chi connectivity index (χ0n) is 12.2. The smallest absolute Gasteiger partial charge is 0.242 e. The minimum absolute atomic E-state index is 0.296. The number of rotatable bonds is 4. The molecule has 2 aromatic rings. The third-order valence-corrected chi connectivity index (χ3v) is 3.39. The Bertz CT molecular complexity index is 638. The molecular weight excluding hydrogens is 288 g/mol. The van der Waals surface area contributed by atoms with Crippen LogP contribution in [0.25, 0.3) is 0 Å². The summed E-state index contributed by atoms with van der Waals surface area (Å²) in [4.78, 5) is 15.9. The van der Waals surface area contributed by atoms with E-state index in [2.05, 4.69) is 16.4 Å². The molecule has 0 saturated heterocycles. The van der Waals surface area contributed by atoms with Crippen molar-refractivity contribution in [3.63, 3.8) is 0 Å². The van der Waals surface area contributed by atoms with Gasteiger partial charge in [-0.2, -0.15) is 0 Å². The van der Waals surface area contributed by atoms with E-state index in [1.807, 2.05) is 26.0 Å². The molecule has 1 amide bonds. The summed E-state index contributed by atoms with van der Waals surface area (Å²) in [5.41, 5.74) is 2.73. The number of pyridine rings is 1. The fourth-order valence-corrected chi connectivity index (χ4v) is 2.33. The van der Waals surface area contributed by atoms with Crippen LogP contribution in [0.1, 0.15) is 22.1 Å². The van der Waals surface area contributed by atoms with Crippen LogP contribution < -0.4 is 10.1 Å². The summed E-state index contributed by atoms with van der Waals surface area (Å²) in [6, 6.07) is 9.34. The number of benzene rings is 1. The van der Waals surface area contributed by atoms with Gasteiger partial charge in [-0.3, -0.25) is 4.79 Å². The van der Waals surface area contributed by atoms with Crippen LogP contribution in [0.15, 0.2) is 36.5 Å². The molecule has 110 valence electrons. The lowest BCUT2D eigenvalue weighted by atomic mass is 10.1. The number of carbonyl (C=O) groups is 1. The normalized spacial score (nSPS) is 11.8. The van der Waals surface area contributed by atoms with Crippen molar-refractivity contribution >= 4 is 17.5 Å². The van der Waals surface area contributed by atoms with Gasteiger partial charge in [0.15, 0.2) is 0 Å². The van der Waals surface area contributed by atoms with E-state index in [4.69, 9.17) is 16.3 Å². The number of aromatic nitrogens is 1. The average Bonchev–Trinajstić information content (AvgIpc) is 2.45. The van der Waals surface area contributed by atoms with E-state index in [1.165, 1.54) is 0 Å². The number of nitrogens with zero attached hydrogens (tertiary/aromatic N) is 1. The first-order valence-corrected chi connectivity index (χ1v) is 7.01. The van der Waals surface area contributed by atoms with E-state index in [0.29, 0.717) is 17.2 Å². The highest BCUT2D eigenvalue weighted by molar-refractivity contribution is 6.30. The third-order valence-electron chi connectivity index (χ3n) is 2.96. The van der Waals surface area contributed by atoms with E-state index < -0.39 is 5.38 Å². The number of carbonyl (C=O) groups excluding carboxylic acids is 1. The lowest BCUT2D eigenvalue weighted by Gasteiger charge is -2.14. The van der Waals surface area contributed by atoms with Crippen molar-refractivity contribution < 1.29 is 9.53 Å². The van der Waals surface area contributed by atoms with Gasteiger partial charge in [-0.25, -0.2) is 4.98 Å². The Kier molecular flexibility index (Phi) is 4.81.